The minimum atomic E-state index is -0.250. The monoisotopic (exact) mass is 306 g/mol. The fraction of sp³-hybridized carbons (Fsp3) is 0.636. The van der Waals surface area contributed by atoms with Gasteiger partial charge < -0.3 is 0 Å². The molecule has 16 heavy (non-hydrogen) atoms. The molecule has 3 nitrogen and oxygen atoms in total. The summed E-state index contributed by atoms with van der Waals surface area (Å²) in [5.74, 6) is 0.352. The highest BCUT2D eigenvalue weighted by Crippen LogP contribution is 2.28. The summed E-state index contributed by atoms with van der Waals surface area (Å²) in [6.45, 7) is 7.09. The molecule has 0 radical (unpaired) electrons. The second-order valence-electron chi connectivity index (χ2n) is 4.92. The standard InChI is InChI=1S/C11H16BrClN2O/c1-11(2,3)8(4-12)6-15-7-9(13)5-14-10(15)16/h5,7-8H,4,6H2,1-3H3. The van der Waals surface area contributed by atoms with Crippen molar-refractivity contribution in [1.82, 2.24) is 9.55 Å². The zero-order chi connectivity index (χ0) is 12.3. The van der Waals surface area contributed by atoms with Gasteiger partial charge in [-0.3, -0.25) is 4.57 Å². The Labute approximate surface area is 109 Å². The summed E-state index contributed by atoms with van der Waals surface area (Å²) >= 11 is 9.31. The van der Waals surface area contributed by atoms with Gasteiger partial charge in [0.1, 0.15) is 0 Å². The Bertz CT molecular complexity index is 411. The van der Waals surface area contributed by atoms with Crippen LogP contribution >= 0.6 is 27.5 Å². The summed E-state index contributed by atoms with van der Waals surface area (Å²) in [5.41, 5.74) is -0.120. The minimum Gasteiger partial charge on any atom is -0.297 e. The lowest BCUT2D eigenvalue weighted by Gasteiger charge is -2.29. The van der Waals surface area contributed by atoms with E-state index in [4.69, 9.17) is 11.6 Å². The third-order valence-electron chi connectivity index (χ3n) is 2.65. The summed E-state index contributed by atoms with van der Waals surface area (Å²) in [7, 11) is 0. The van der Waals surface area contributed by atoms with Crippen LogP contribution in [-0.2, 0) is 6.54 Å². The normalized spacial score (nSPS) is 13.8. The predicted molar refractivity (Wildman–Crippen MR) is 70.2 cm³/mol. The summed E-state index contributed by atoms with van der Waals surface area (Å²) < 4.78 is 1.57. The van der Waals surface area contributed by atoms with Crippen molar-refractivity contribution in [3.05, 3.63) is 27.9 Å². The molecule has 1 aromatic heterocycles. The van der Waals surface area contributed by atoms with Gasteiger partial charge in [0.25, 0.3) is 0 Å². The fourth-order valence-corrected chi connectivity index (χ4v) is 2.69. The van der Waals surface area contributed by atoms with Crippen LogP contribution in [0.5, 0.6) is 0 Å². The first-order chi connectivity index (χ1) is 7.34. The maximum absolute atomic E-state index is 11.5. The molecule has 90 valence electrons. The Morgan fingerprint density at radius 2 is 2.19 bits per heavy atom. The van der Waals surface area contributed by atoms with E-state index in [1.54, 1.807) is 10.8 Å². The Kier molecular flexibility index (Phi) is 4.56. The van der Waals surface area contributed by atoms with Crippen molar-refractivity contribution in [3.8, 4) is 0 Å². The van der Waals surface area contributed by atoms with Crippen molar-refractivity contribution >= 4 is 27.5 Å². The minimum absolute atomic E-state index is 0.130. The van der Waals surface area contributed by atoms with Crippen LogP contribution < -0.4 is 5.69 Å². The largest absolute Gasteiger partial charge is 0.347 e. The maximum Gasteiger partial charge on any atom is 0.347 e. The van der Waals surface area contributed by atoms with Crippen molar-refractivity contribution in [2.24, 2.45) is 11.3 Å². The molecule has 1 atom stereocenters. The highest BCUT2D eigenvalue weighted by molar-refractivity contribution is 9.09. The van der Waals surface area contributed by atoms with E-state index in [1.807, 2.05) is 0 Å². The van der Waals surface area contributed by atoms with Crippen LogP contribution in [0, 0.1) is 11.3 Å². The molecule has 0 aliphatic rings. The summed E-state index contributed by atoms with van der Waals surface area (Å²) in [6, 6.07) is 0. The van der Waals surface area contributed by atoms with Gasteiger partial charge in [0.2, 0.25) is 0 Å². The number of halogens is 2. The molecular formula is C11H16BrClN2O. The van der Waals surface area contributed by atoms with Crippen molar-refractivity contribution in [1.29, 1.82) is 0 Å². The van der Waals surface area contributed by atoms with E-state index in [-0.39, 0.29) is 11.1 Å². The summed E-state index contributed by atoms with van der Waals surface area (Å²) in [5, 5.41) is 1.33. The van der Waals surface area contributed by atoms with Crippen molar-refractivity contribution < 1.29 is 0 Å². The number of hydrogen-bond acceptors (Lipinski definition) is 2. The maximum atomic E-state index is 11.5. The molecular weight excluding hydrogens is 291 g/mol. The molecule has 0 fully saturated rings. The van der Waals surface area contributed by atoms with E-state index in [9.17, 15) is 4.79 Å². The molecule has 0 aromatic carbocycles. The third-order valence-corrected chi connectivity index (χ3v) is 3.63. The van der Waals surface area contributed by atoms with E-state index in [0.717, 1.165) is 5.33 Å². The van der Waals surface area contributed by atoms with Gasteiger partial charge in [-0.1, -0.05) is 48.3 Å². The highest BCUT2D eigenvalue weighted by atomic mass is 79.9. The lowest BCUT2D eigenvalue weighted by atomic mass is 9.82. The van der Waals surface area contributed by atoms with E-state index in [2.05, 4.69) is 41.7 Å². The Balaban J connectivity index is 2.95. The lowest BCUT2D eigenvalue weighted by molar-refractivity contribution is 0.236. The SMILES string of the molecule is CC(C)(C)C(CBr)Cn1cc(Cl)cnc1=O. The number of hydrogen-bond donors (Lipinski definition) is 0. The van der Waals surface area contributed by atoms with Gasteiger partial charge in [-0.05, 0) is 11.3 Å². The van der Waals surface area contributed by atoms with E-state index >= 15 is 0 Å². The van der Waals surface area contributed by atoms with Gasteiger partial charge in [0.05, 0.1) is 11.2 Å². The second-order valence-corrected chi connectivity index (χ2v) is 6.01. The average Bonchev–Trinajstić information content (AvgIpc) is 2.17. The van der Waals surface area contributed by atoms with Gasteiger partial charge in [0.15, 0.2) is 0 Å². The van der Waals surface area contributed by atoms with Crippen molar-refractivity contribution in [3.63, 3.8) is 0 Å². The van der Waals surface area contributed by atoms with Gasteiger partial charge >= 0.3 is 5.69 Å². The predicted octanol–water partition coefficient (Wildman–Crippen LogP) is 2.95. The molecule has 0 N–H and O–H groups in total. The zero-order valence-corrected chi connectivity index (χ0v) is 12.0. The van der Waals surface area contributed by atoms with Gasteiger partial charge in [-0.2, -0.15) is 0 Å². The first-order valence-corrected chi connectivity index (χ1v) is 6.62. The average molecular weight is 308 g/mol. The number of nitrogens with zero attached hydrogens (tertiary/aromatic N) is 2. The Morgan fingerprint density at radius 1 is 1.56 bits per heavy atom. The third kappa shape index (κ3) is 3.59. The van der Waals surface area contributed by atoms with Crippen LogP contribution in [0.4, 0.5) is 0 Å². The van der Waals surface area contributed by atoms with Gasteiger partial charge in [-0.15, -0.1) is 0 Å². The highest BCUT2D eigenvalue weighted by Gasteiger charge is 2.24. The molecule has 1 rings (SSSR count). The van der Waals surface area contributed by atoms with Crippen molar-refractivity contribution in [2.75, 3.05) is 5.33 Å². The topological polar surface area (TPSA) is 34.9 Å². The lowest BCUT2D eigenvalue weighted by Crippen LogP contribution is -2.32. The van der Waals surface area contributed by atoms with Crippen LogP contribution in [0.15, 0.2) is 17.2 Å². The number of alkyl halides is 1. The van der Waals surface area contributed by atoms with Gasteiger partial charge in [0, 0.05) is 18.1 Å². The van der Waals surface area contributed by atoms with E-state index in [0.29, 0.717) is 17.5 Å². The Morgan fingerprint density at radius 3 is 2.69 bits per heavy atom. The van der Waals surface area contributed by atoms with E-state index < -0.39 is 0 Å². The number of aromatic nitrogens is 2. The zero-order valence-electron chi connectivity index (χ0n) is 9.70. The molecule has 5 heteroatoms. The van der Waals surface area contributed by atoms with Crippen LogP contribution in [0.1, 0.15) is 20.8 Å². The first-order valence-electron chi connectivity index (χ1n) is 5.12. The Hall–Kier alpha value is -0.350. The molecule has 0 saturated carbocycles. The van der Waals surface area contributed by atoms with Crippen LogP contribution in [0.3, 0.4) is 0 Å². The number of rotatable bonds is 3. The second kappa shape index (κ2) is 5.32. The van der Waals surface area contributed by atoms with Crippen LogP contribution in [-0.4, -0.2) is 14.9 Å². The fourth-order valence-electron chi connectivity index (χ4n) is 1.35. The smallest absolute Gasteiger partial charge is 0.297 e. The molecule has 0 amide bonds. The quantitative estimate of drug-likeness (QED) is 0.805. The van der Waals surface area contributed by atoms with Gasteiger partial charge in [-0.25, -0.2) is 9.78 Å². The van der Waals surface area contributed by atoms with Crippen molar-refractivity contribution in [2.45, 2.75) is 27.3 Å². The molecule has 1 aromatic rings. The van der Waals surface area contributed by atoms with Crippen LogP contribution in [0.2, 0.25) is 5.02 Å². The molecule has 0 saturated heterocycles. The molecule has 0 bridgehead atoms. The first kappa shape index (κ1) is 13.7. The molecule has 1 heterocycles. The van der Waals surface area contributed by atoms with Crippen LogP contribution in [0.25, 0.3) is 0 Å². The molecule has 0 aliphatic heterocycles. The molecule has 0 spiro atoms. The molecule has 0 aliphatic carbocycles. The summed E-state index contributed by atoms with van der Waals surface area (Å²) in [6.07, 6.45) is 3.01. The summed E-state index contributed by atoms with van der Waals surface area (Å²) in [4.78, 5) is 15.2. The molecule has 1 unspecified atom stereocenters. The van der Waals surface area contributed by atoms with E-state index in [1.165, 1.54) is 6.20 Å².